The number of nitrogens with zero attached hydrogens (tertiary/aromatic N) is 1. The summed E-state index contributed by atoms with van der Waals surface area (Å²) in [4.78, 5) is 13.9. The maximum absolute atomic E-state index is 11.8. The Kier molecular flexibility index (Phi) is 3.25. The molecule has 0 radical (unpaired) electrons. The van der Waals surface area contributed by atoms with Crippen molar-refractivity contribution in [3.8, 4) is 0 Å². The van der Waals surface area contributed by atoms with E-state index in [1.54, 1.807) is 0 Å². The van der Waals surface area contributed by atoms with Crippen molar-refractivity contribution in [3.63, 3.8) is 0 Å². The summed E-state index contributed by atoms with van der Waals surface area (Å²) >= 11 is 3.44. The van der Waals surface area contributed by atoms with Crippen LogP contribution >= 0.6 is 15.9 Å². The normalized spacial score (nSPS) is 14.6. The standard InChI is InChI=1S/C15H13BrN2O/c16-11-6-7-14-13(10-11)17-15(19)8-9-18(14)12-4-2-1-3-5-12/h1-7,10H,8-9H2,(H,17,19). The van der Waals surface area contributed by atoms with Crippen LogP contribution in [0.2, 0.25) is 0 Å². The first-order chi connectivity index (χ1) is 9.24. The molecule has 1 aliphatic rings. The Morgan fingerprint density at radius 2 is 1.89 bits per heavy atom. The summed E-state index contributed by atoms with van der Waals surface area (Å²) in [6.45, 7) is 0.685. The maximum Gasteiger partial charge on any atom is 0.226 e. The monoisotopic (exact) mass is 316 g/mol. The number of carbonyl (C=O) groups excluding carboxylic acids is 1. The van der Waals surface area contributed by atoms with Gasteiger partial charge in [0.15, 0.2) is 0 Å². The highest BCUT2D eigenvalue weighted by molar-refractivity contribution is 9.10. The van der Waals surface area contributed by atoms with Gasteiger partial charge < -0.3 is 10.2 Å². The first kappa shape index (κ1) is 12.2. The van der Waals surface area contributed by atoms with Crippen molar-refractivity contribution in [2.24, 2.45) is 0 Å². The first-order valence-electron chi connectivity index (χ1n) is 6.16. The van der Waals surface area contributed by atoms with Crippen LogP contribution in [0, 0.1) is 0 Å². The number of fused-ring (bicyclic) bond motifs is 1. The summed E-state index contributed by atoms with van der Waals surface area (Å²) in [6, 6.07) is 16.1. The fraction of sp³-hybridized carbons (Fsp3) is 0.133. The number of amides is 1. The molecule has 1 aliphatic heterocycles. The zero-order valence-electron chi connectivity index (χ0n) is 10.3. The Balaban J connectivity index is 2.10. The van der Waals surface area contributed by atoms with Crippen LogP contribution in [0.25, 0.3) is 0 Å². The van der Waals surface area contributed by atoms with Crippen molar-refractivity contribution in [2.75, 3.05) is 16.8 Å². The van der Waals surface area contributed by atoms with Gasteiger partial charge in [0.25, 0.3) is 0 Å². The molecule has 2 aromatic rings. The van der Waals surface area contributed by atoms with Crippen molar-refractivity contribution < 1.29 is 4.79 Å². The molecule has 2 aromatic carbocycles. The van der Waals surface area contributed by atoms with E-state index in [-0.39, 0.29) is 5.91 Å². The van der Waals surface area contributed by atoms with Crippen molar-refractivity contribution in [2.45, 2.75) is 6.42 Å². The summed E-state index contributed by atoms with van der Waals surface area (Å²) in [6.07, 6.45) is 0.487. The number of carbonyl (C=O) groups is 1. The predicted octanol–water partition coefficient (Wildman–Crippen LogP) is 3.93. The quantitative estimate of drug-likeness (QED) is 0.864. The highest BCUT2D eigenvalue weighted by atomic mass is 79.9. The van der Waals surface area contributed by atoms with Crippen LogP contribution in [0.1, 0.15) is 6.42 Å². The van der Waals surface area contributed by atoms with Crippen LogP contribution in [0.15, 0.2) is 53.0 Å². The number of nitrogens with one attached hydrogen (secondary N) is 1. The van der Waals surface area contributed by atoms with Gasteiger partial charge in [-0.2, -0.15) is 0 Å². The predicted molar refractivity (Wildman–Crippen MR) is 80.8 cm³/mol. The topological polar surface area (TPSA) is 32.3 Å². The minimum Gasteiger partial charge on any atom is -0.339 e. The van der Waals surface area contributed by atoms with Crippen LogP contribution in [-0.2, 0) is 4.79 Å². The van der Waals surface area contributed by atoms with E-state index in [0.29, 0.717) is 13.0 Å². The van der Waals surface area contributed by atoms with Crippen LogP contribution in [0.5, 0.6) is 0 Å². The first-order valence-corrected chi connectivity index (χ1v) is 6.95. The van der Waals surface area contributed by atoms with E-state index in [9.17, 15) is 4.79 Å². The molecule has 3 rings (SSSR count). The minimum atomic E-state index is 0.0535. The van der Waals surface area contributed by atoms with Crippen molar-refractivity contribution in [3.05, 3.63) is 53.0 Å². The summed E-state index contributed by atoms with van der Waals surface area (Å²) in [5.74, 6) is 0.0535. The van der Waals surface area contributed by atoms with Gasteiger partial charge in [-0.25, -0.2) is 0 Å². The van der Waals surface area contributed by atoms with Gasteiger partial charge in [0.05, 0.1) is 11.4 Å². The van der Waals surface area contributed by atoms with Crippen LogP contribution in [0.3, 0.4) is 0 Å². The van der Waals surface area contributed by atoms with Gasteiger partial charge >= 0.3 is 0 Å². The molecule has 0 fully saturated rings. The van der Waals surface area contributed by atoms with Crippen LogP contribution in [0.4, 0.5) is 17.1 Å². The Hall–Kier alpha value is -1.81. The lowest BCUT2D eigenvalue weighted by Crippen LogP contribution is -2.18. The second kappa shape index (κ2) is 5.05. The third kappa shape index (κ3) is 2.49. The van der Waals surface area contributed by atoms with Gasteiger partial charge in [-0.1, -0.05) is 34.1 Å². The second-order valence-corrected chi connectivity index (χ2v) is 5.36. The van der Waals surface area contributed by atoms with E-state index in [0.717, 1.165) is 21.5 Å². The molecule has 19 heavy (non-hydrogen) atoms. The molecule has 0 atom stereocenters. The molecule has 0 spiro atoms. The molecular formula is C15H13BrN2O. The van der Waals surface area contributed by atoms with Gasteiger partial charge in [-0.15, -0.1) is 0 Å². The van der Waals surface area contributed by atoms with Crippen LogP contribution < -0.4 is 10.2 Å². The summed E-state index contributed by atoms with van der Waals surface area (Å²) < 4.78 is 0.960. The van der Waals surface area contributed by atoms with E-state index < -0.39 is 0 Å². The molecule has 0 unspecified atom stereocenters. The molecule has 0 aliphatic carbocycles. The summed E-state index contributed by atoms with van der Waals surface area (Å²) in [7, 11) is 0. The van der Waals surface area contributed by atoms with Gasteiger partial charge in [-0.05, 0) is 30.3 Å². The van der Waals surface area contributed by atoms with E-state index in [1.807, 2.05) is 36.4 Å². The molecule has 0 saturated carbocycles. The highest BCUT2D eigenvalue weighted by Crippen LogP contribution is 2.35. The molecule has 1 heterocycles. The van der Waals surface area contributed by atoms with Crippen molar-refractivity contribution in [1.29, 1.82) is 0 Å². The zero-order chi connectivity index (χ0) is 13.2. The maximum atomic E-state index is 11.8. The Morgan fingerprint density at radius 3 is 2.68 bits per heavy atom. The summed E-state index contributed by atoms with van der Waals surface area (Å²) in [5, 5.41) is 2.95. The molecule has 4 heteroatoms. The zero-order valence-corrected chi connectivity index (χ0v) is 11.9. The lowest BCUT2D eigenvalue weighted by Gasteiger charge is -2.24. The van der Waals surface area contributed by atoms with Crippen molar-refractivity contribution >= 4 is 38.9 Å². The van der Waals surface area contributed by atoms with E-state index in [2.05, 4.69) is 38.3 Å². The van der Waals surface area contributed by atoms with Gasteiger partial charge in [0.2, 0.25) is 5.91 Å². The fourth-order valence-corrected chi connectivity index (χ4v) is 2.63. The molecule has 0 saturated heterocycles. The number of hydrogen-bond acceptors (Lipinski definition) is 2. The number of halogens is 1. The lowest BCUT2D eigenvalue weighted by molar-refractivity contribution is -0.115. The number of benzene rings is 2. The minimum absolute atomic E-state index is 0.0535. The lowest BCUT2D eigenvalue weighted by atomic mass is 10.2. The Morgan fingerprint density at radius 1 is 1.11 bits per heavy atom. The SMILES string of the molecule is O=C1CCN(c2ccccc2)c2ccc(Br)cc2N1. The average molecular weight is 317 g/mol. The second-order valence-electron chi connectivity index (χ2n) is 4.45. The van der Waals surface area contributed by atoms with Gasteiger partial charge in [0.1, 0.15) is 0 Å². The van der Waals surface area contributed by atoms with Gasteiger partial charge in [-0.3, -0.25) is 4.79 Å². The third-order valence-corrected chi connectivity index (χ3v) is 3.65. The fourth-order valence-electron chi connectivity index (χ4n) is 2.27. The van der Waals surface area contributed by atoms with Gasteiger partial charge in [0, 0.05) is 23.1 Å². The molecule has 1 amide bonds. The molecule has 0 aromatic heterocycles. The Bertz CT molecular complexity index is 613. The molecule has 3 nitrogen and oxygen atoms in total. The van der Waals surface area contributed by atoms with E-state index in [1.165, 1.54) is 0 Å². The largest absolute Gasteiger partial charge is 0.339 e. The average Bonchev–Trinajstić information content (AvgIpc) is 2.57. The molecule has 0 bridgehead atoms. The summed E-state index contributed by atoms with van der Waals surface area (Å²) in [5.41, 5.74) is 2.98. The smallest absolute Gasteiger partial charge is 0.226 e. The van der Waals surface area contributed by atoms with Crippen molar-refractivity contribution in [1.82, 2.24) is 0 Å². The molecular weight excluding hydrogens is 304 g/mol. The highest BCUT2D eigenvalue weighted by Gasteiger charge is 2.20. The third-order valence-electron chi connectivity index (χ3n) is 3.15. The van der Waals surface area contributed by atoms with E-state index >= 15 is 0 Å². The Labute approximate surface area is 120 Å². The number of para-hydroxylation sites is 1. The number of anilines is 3. The molecule has 1 N–H and O–H groups in total. The van der Waals surface area contributed by atoms with Crippen LogP contribution in [-0.4, -0.2) is 12.5 Å². The molecule has 96 valence electrons. The number of rotatable bonds is 1. The van der Waals surface area contributed by atoms with E-state index in [4.69, 9.17) is 0 Å². The number of hydrogen-bond donors (Lipinski definition) is 1.